The number of ether oxygens (including phenoxy) is 1. The third-order valence-electron chi connectivity index (χ3n) is 2.63. The molecular weight excluding hydrogens is 215 g/mol. The highest BCUT2D eigenvalue weighted by atomic mass is 35.5. The van der Waals surface area contributed by atoms with Crippen LogP contribution >= 0.6 is 23.2 Å². The molecule has 3 nitrogen and oxygen atoms in total. The molecule has 13 heavy (non-hydrogen) atoms. The van der Waals surface area contributed by atoms with E-state index in [1.54, 1.807) is 0 Å². The van der Waals surface area contributed by atoms with Crippen molar-refractivity contribution in [1.82, 2.24) is 0 Å². The van der Waals surface area contributed by atoms with E-state index in [1.165, 1.54) is 0 Å². The molecule has 5 heteroatoms. The number of hydrogen-bond acceptors (Lipinski definition) is 3. The maximum absolute atomic E-state index is 11.1. The van der Waals surface area contributed by atoms with E-state index >= 15 is 0 Å². The van der Waals surface area contributed by atoms with Gasteiger partial charge < -0.3 is 4.74 Å². The van der Waals surface area contributed by atoms with Crippen molar-refractivity contribution < 1.29 is 14.3 Å². The third kappa shape index (κ3) is 1.55. The molecule has 2 rings (SSSR count). The Morgan fingerprint density at radius 3 is 2.54 bits per heavy atom. The van der Waals surface area contributed by atoms with E-state index in [4.69, 9.17) is 23.2 Å². The number of halogens is 2. The second-order valence-corrected chi connectivity index (χ2v) is 5.19. The van der Waals surface area contributed by atoms with Crippen LogP contribution < -0.4 is 0 Å². The molecule has 2 unspecified atom stereocenters. The number of alkyl halides is 2. The summed E-state index contributed by atoms with van der Waals surface area (Å²) in [6.07, 6.45) is 1.41. The van der Waals surface area contributed by atoms with Crippen LogP contribution in [0.15, 0.2) is 0 Å². The van der Waals surface area contributed by atoms with E-state index in [1.807, 2.05) is 0 Å². The van der Waals surface area contributed by atoms with Crippen LogP contribution in [0.5, 0.6) is 0 Å². The van der Waals surface area contributed by atoms with Crippen LogP contribution in [0.4, 0.5) is 0 Å². The first-order valence-electron chi connectivity index (χ1n) is 4.13. The Hall–Kier alpha value is -0.280. The zero-order valence-corrected chi connectivity index (χ0v) is 8.27. The molecule has 72 valence electrons. The number of rotatable bonds is 0. The molecule has 1 aliphatic carbocycles. The quantitative estimate of drug-likeness (QED) is 0.356. The highest BCUT2D eigenvalue weighted by molar-refractivity contribution is 6.48. The second kappa shape index (κ2) is 2.85. The van der Waals surface area contributed by atoms with Crippen LogP contribution in [0.3, 0.4) is 0 Å². The van der Waals surface area contributed by atoms with Crippen LogP contribution in [0, 0.1) is 11.8 Å². The molecule has 2 fully saturated rings. The molecule has 2 aliphatic rings. The molecule has 1 saturated carbocycles. The minimum atomic E-state index is -0.870. The Morgan fingerprint density at radius 1 is 1.23 bits per heavy atom. The summed E-state index contributed by atoms with van der Waals surface area (Å²) in [6.45, 7) is 0. The van der Waals surface area contributed by atoms with Crippen molar-refractivity contribution in [3.8, 4) is 0 Å². The molecule has 2 atom stereocenters. The summed E-state index contributed by atoms with van der Waals surface area (Å²) in [7, 11) is 0. The van der Waals surface area contributed by atoms with E-state index in [9.17, 15) is 9.59 Å². The van der Waals surface area contributed by atoms with Gasteiger partial charge in [-0.05, 0) is 19.3 Å². The van der Waals surface area contributed by atoms with Crippen molar-refractivity contribution in [2.45, 2.75) is 23.6 Å². The Labute approximate surface area is 85.3 Å². The van der Waals surface area contributed by atoms with Crippen molar-refractivity contribution in [3.63, 3.8) is 0 Å². The summed E-state index contributed by atoms with van der Waals surface area (Å²) in [5.41, 5.74) is 0. The molecule has 0 spiro atoms. The monoisotopic (exact) mass is 222 g/mol. The molecule has 0 aromatic rings. The lowest BCUT2D eigenvalue weighted by atomic mass is 9.80. The van der Waals surface area contributed by atoms with Crippen LogP contribution in [-0.4, -0.2) is 16.3 Å². The number of esters is 2. The summed E-state index contributed by atoms with van der Waals surface area (Å²) in [6, 6.07) is 0. The van der Waals surface area contributed by atoms with Crippen molar-refractivity contribution in [2.75, 3.05) is 0 Å². The maximum Gasteiger partial charge on any atom is 0.317 e. The first-order valence-corrected chi connectivity index (χ1v) is 4.88. The molecule has 0 aromatic heterocycles. The Morgan fingerprint density at radius 2 is 1.85 bits per heavy atom. The van der Waals surface area contributed by atoms with Gasteiger partial charge in [0.05, 0.1) is 11.8 Å². The molecular formula is C8H8Cl2O3. The first kappa shape index (κ1) is 9.28. The van der Waals surface area contributed by atoms with Crippen LogP contribution in [0.25, 0.3) is 0 Å². The van der Waals surface area contributed by atoms with Crippen LogP contribution in [0.2, 0.25) is 0 Å². The molecule has 0 N–H and O–H groups in total. The summed E-state index contributed by atoms with van der Waals surface area (Å²) in [4.78, 5) is 22.2. The molecule has 0 amide bonds. The highest BCUT2D eigenvalue weighted by Gasteiger charge is 2.51. The average molecular weight is 223 g/mol. The minimum Gasteiger partial charge on any atom is -0.393 e. The number of fused-ring (bicyclic) bond motifs is 1. The number of cyclic esters (lactones) is 2. The fourth-order valence-corrected chi connectivity index (χ4v) is 2.46. The first-order chi connectivity index (χ1) is 5.99. The van der Waals surface area contributed by atoms with E-state index in [-0.39, 0.29) is 5.92 Å². The predicted molar refractivity (Wildman–Crippen MR) is 46.4 cm³/mol. The summed E-state index contributed by atoms with van der Waals surface area (Å²) < 4.78 is 3.64. The summed E-state index contributed by atoms with van der Waals surface area (Å²) >= 11 is 11.8. The van der Waals surface area contributed by atoms with Gasteiger partial charge >= 0.3 is 11.9 Å². The Bertz CT molecular complexity index is 275. The smallest absolute Gasteiger partial charge is 0.317 e. The van der Waals surface area contributed by atoms with Crippen molar-refractivity contribution in [3.05, 3.63) is 0 Å². The highest BCUT2D eigenvalue weighted by Crippen LogP contribution is 2.46. The lowest BCUT2D eigenvalue weighted by Crippen LogP contribution is -2.32. The molecule has 0 bridgehead atoms. The van der Waals surface area contributed by atoms with E-state index in [2.05, 4.69) is 4.74 Å². The van der Waals surface area contributed by atoms with Gasteiger partial charge in [-0.3, -0.25) is 9.59 Å². The summed E-state index contributed by atoms with van der Waals surface area (Å²) in [5.74, 6) is -1.62. The van der Waals surface area contributed by atoms with Gasteiger partial charge in [-0.2, -0.15) is 0 Å². The molecule has 1 saturated heterocycles. The topological polar surface area (TPSA) is 43.4 Å². The van der Waals surface area contributed by atoms with Gasteiger partial charge in [-0.1, -0.05) is 0 Å². The fraction of sp³-hybridized carbons (Fsp3) is 0.750. The van der Waals surface area contributed by atoms with Gasteiger partial charge in [-0.15, -0.1) is 23.2 Å². The van der Waals surface area contributed by atoms with E-state index in [0.29, 0.717) is 19.3 Å². The van der Waals surface area contributed by atoms with Gasteiger partial charge in [0.15, 0.2) is 0 Å². The van der Waals surface area contributed by atoms with Crippen LogP contribution in [-0.2, 0) is 14.3 Å². The van der Waals surface area contributed by atoms with Gasteiger partial charge in [0.2, 0.25) is 0 Å². The normalized spacial score (nSPS) is 37.1. The van der Waals surface area contributed by atoms with Crippen molar-refractivity contribution in [2.24, 2.45) is 11.8 Å². The largest absolute Gasteiger partial charge is 0.393 e. The number of carbonyl (C=O) groups excluding carboxylic acids is 2. The predicted octanol–water partition coefficient (Wildman–Crippen LogP) is 1.66. The minimum absolute atomic E-state index is 0.307. The van der Waals surface area contributed by atoms with Gasteiger partial charge in [0.25, 0.3) is 0 Å². The molecule has 1 aliphatic heterocycles. The molecule has 0 aromatic carbocycles. The Balaban J connectivity index is 2.20. The standard InChI is InChI=1S/C8H8Cl2O3/c9-8(10)2-1-4-5(3-8)7(12)13-6(4)11/h4-5H,1-3H2. The van der Waals surface area contributed by atoms with Crippen LogP contribution in [0.1, 0.15) is 19.3 Å². The van der Waals surface area contributed by atoms with Gasteiger partial charge in [0.1, 0.15) is 4.33 Å². The van der Waals surface area contributed by atoms with Crippen molar-refractivity contribution >= 4 is 35.1 Å². The molecule has 1 heterocycles. The van der Waals surface area contributed by atoms with E-state index in [0.717, 1.165) is 0 Å². The summed E-state index contributed by atoms with van der Waals surface area (Å²) in [5, 5.41) is 0. The number of carbonyl (C=O) groups is 2. The maximum atomic E-state index is 11.1. The average Bonchev–Trinajstić information content (AvgIpc) is 2.26. The zero-order valence-electron chi connectivity index (χ0n) is 6.76. The van der Waals surface area contributed by atoms with Gasteiger partial charge in [-0.25, -0.2) is 0 Å². The third-order valence-corrected chi connectivity index (χ3v) is 3.32. The van der Waals surface area contributed by atoms with Crippen molar-refractivity contribution in [1.29, 1.82) is 0 Å². The molecule has 0 radical (unpaired) electrons. The SMILES string of the molecule is O=C1OC(=O)C2CC(Cl)(Cl)CCC12. The Kier molecular flexibility index (Phi) is 2.04. The second-order valence-electron chi connectivity index (χ2n) is 3.55. The number of hydrogen-bond donors (Lipinski definition) is 0. The van der Waals surface area contributed by atoms with E-state index < -0.39 is 22.2 Å². The lowest BCUT2D eigenvalue weighted by Gasteiger charge is -2.29. The zero-order chi connectivity index (χ0) is 9.64. The lowest BCUT2D eigenvalue weighted by molar-refractivity contribution is -0.153. The van der Waals surface area contributed by atoms with Gasteiger partial charge in [0, 0.05) is 0 Å². The fourth-order valence-electron chi connectivity index (χ4n) is 1.91.